The maximum absolute atomic E-state index is 2.35. The molecule has 0 radical (unpaired) electrons. The molecular weight excluding hydrogens is 807 g/mol. The van der Waals surface area contributed by atoms with Gasteiger partial charge in [0.2, 0.25) is 0 Å². The number of hydrogen-bond donors (Lipinski definition) is 0. The lowest BCUT2D eigenvalue weighted by molar-refractivity contribution is 1.28. The highest BCUT2D eigenvalue weighted by Crippen LogP contribution is 2.40. The van der Waals surface area contributed by atoms with Gasteiger partial charge >= 0.3 is 0 Å². The minimum atomic E-state index is 1.09. The van der Waals surface area contributed by atoms with E-state index in [0.717, 1.165) is 17.1 Å². The van der Waals surface area contributed by atoms with Crippen molar-refractivity contribution in [1.82, 2.24) is 0 Å². The van der Waals surface area contributed by atoms with Crippen LogP contribution in [0.4, 0.5) is 17.1 Å². The van der Waals surface area contributed by atoms with Gasteiger partial charge in [-0.25, -0.2) is 0 Å². The quantitative estimate of drug-likeness (QED) is 0.131. The summed E-state index contributed by atoms with van der Waals surface area (Å²) in [6.07, 6.45) is 0. The lowest BCUT2D eigenvalue weighted by atomic mass is 9.92. The maximum Gasteiger partial charge on any atom is 0.0462 e. The first-order valence-corrected chi connectivity index (χ1v) is 23.1. The third-order valence-electron chi connectivity index (χ3n) is 13.3. The Labute approximate surface area is 392 Å². The molecule has 0 bridgehead atoms. The van der Waals surface area contributed by atoms with Crippen LogP contribution in [0, 0.1) is 0 Å². The second-order valence-electron chi connectivity index (χ2n) is 17.3. The van der Waals surface area contributed by atoms with Gasteiger partial charge in [-0.1, -0.05) is 224 Å². The standard InChI is InChI=1S/C66H45N/c1-2-10-46(11-3-1)48-18-20-49(21-19-48)52-32-38-60(39-33-52)67(61-40-34-53(35-41-61)50-22-24-55(25-23-50)58-31-28-47-12-4-5-13-57(47)44-58)62-42-36-54(37-43-62)51-26-29-56(30-27-51)66-45-59-14-6-7-15-63(59)64-16-8-9-17-65(64)66/h1-45H. The van der Waals surface area contributed by atoms with Gasteiger partial charge in [0, 0.05) is 17.1 Å². The SMILES string of the molecule is c1ccc(-c2ccc(-c3ccc(N(c4ccc(-c5ccc(-c6ccc7ccccc7c6)cc5)cc4)c4ccc(-c5ccc(-c6cc7ccccc7c7ccccc67)cc5)cc4)cc3)cc2)cc1. The summed E-state index contributed by atoms with van der Waals surface area (Å²) in [6.45, 7) is 0. The molecule has 1 heteroatoms. The van der Waals surface area contributed by atoms with Gasteiger partial charge < -0.3 is 4.90 Å². The summed E-state index contributed by atoms with van der Waals surface area (Å²) in [6, 6.07) is 99.3. The van der Waals surface area contributed by atoms with Gasteiger partial charge in [0.05, 0.1) is 0 Å². The number of nitrogens with zero attached hydrogens (tertiary/aromatic N) is 1. The van der Waals surface area contributed by atoms with Gasteiger partial charge in [-0.05, 0) is 148 Å². The Balaban J connectivity index is 0.849. The van der Waals surface area contributed by atoms with Crippen molar-refractivity contribution in [2.75, 3.05) is 4.90 Å². The zero-order chi connectivity index (χ0) is 44.5. The molecule has 0 aliphatic carbocycles. The fourth-order valence-corrected chi connectivity index (χ4v) is 9.70. The Kier molecular flexibility index (Phi) is 10.3. The molecular formula is C66H45N. The van der Waals surface area contributed by atoms with Crippen LogP contribution in [0.3, 0.4) is 0 Å². The number of rotatable bonds is 9. The largest absolute Gasteiger partial charge is 0.311 e. The van der Waals surface area contributed by atoms with E-state index >= 15 is 0 Å². The fraction of sp³-hybridized carbons (Fsp3) is 0. The molecule has 0 aliphatic rings. The molecule has 0 aliphatic heterocycles. The number of fused-ring (bicyclic) bond motifs is 4. The average molecular weight is 852 g/mol. The van der Waals surface area contributed by atoms with Crippen LogP contribution >= 0.6 is 0 Å². The third kappa shape index (κ3) is 7.84. The summed E-state index contributed by atoms with van der Waals surface area (Å²) >= 11 is 0. The zero-order valence-corrected chi connectivity index (χ0v) is 36.9. The van der Waals surface area contributed by atoms with Crippen LogP contribution in [0.2, 0.25) is 0 Å². The Hall–Kier alpha value is -8.78. The third-order valence-corrected chi connectivity index (χ3v) is 13.3. The minimum Gasteiger partial charge on any atom is -0.311 e. The van der Waals surface area contributed by atoms with Crippen LogP contribution in [-0.4, -0.2) is 0 Å². The molecule has 0 saturated carbocycles. The summed E-state index contributed by atoms with van der Waals surface area (Å²) in [5.41, 5.74) is 17.7. The van der Waals surface area contributed by atoms with E-state index in [2.05, 4.69) is 278 Å². The normalized spacial score (nSPS) is 11.3. The summed E-state index contributed by atoms with van der Waals surface area (Å²) in [5, 5.41) is 7.62. The number of anilines is 3. The highest BCUT2D eigenvalue weighted by molar-refractivity contribution is 6.13. The summed E-state index contributed by atoms with van der Waals surface area (Å²) in [7, 11) is 0. The predicted octanol–water partition coefficient (Wildman–Crippen LogP) is 18.6. The smallest absolute Gasteiger partial charge is 0.0462 e. The second kappa shape index (κ2) is 17.3. The van der Waals surface area contributed by atoms with Crippen molar-refractivity contribution in [1.29, 1.82) is 0 Å². The van der Waals surface area contributed by atoms with Crippen molar-refractivity contribution in [3.8, 4) is 66.8 Å². The fourth-order valence-electron chi connectivity index (χ4n) is 9.70. The summed E-state index contributed by atoms with van der Waals surface area (Å²) in [4.78, 5) is 2.35. The molecule has 0 unspecified atom stereocenters. The number of hydrogen-bond acceptors (Lipinski definition) is 1. The molecule has 0 saturated heterocycles. The van der Waals surface area contributed by atoms with Crippen molar-refractivity contribution >= 4 is 49.4 Å². The predicted molar refractivity (Wildman–Crippen MR) is 286 cm³/mol. The Morgan fingerprint density at radius 1 is 0.179 bits per heavy atom. The van der Waals surface area contributed by atoms with E-state index < -0.39 is 0 Å². The molecule has 0 heterocycles. The van der Waals surface area contributed by atoms with Gasteiger partial charge in [0.25, 0.3) is 0 Å². The van der Waals surface area contributed by atoms with Gasteiger partial charge in [0.1, 0.15) is 0 Å². The summed E-state index contributed by atoms with van der Waals surface area (Å²) < 4.78 is 0. The number of benzene rings is 12. The van der Waals surface area contributed by atoms with Crippen LogP contribution < -0.4 is 4.90 Å². The molecule has 0 amide bonds. The van der Waals surface area contributed by atoms with E-state index in [-0.39, 0.29) is 0 Å². The minimum absolute atomic E-state index is 1.09. The van der Waals surface area contributed by atoms with Crippen LogP contribution in [0.5, 0.6) is 0 Å². The van der Waals surface area contributed by atoms with E-state index in [0.29, 0.717) is 0 Å². The molecule has 67 heavy (non-hydrogen) atoms. The molecule has 12 rings (SSSR count). The molecule has 314 valence electrons. The van der Waals surface area contributed by atoms with E-state index in [1.54, 1.807) is 0 Å². The van der Waals surface area contributed by atoms with Crippen LogP contribution in [0.15, 0.2) is 273 Å². The van der Waals surface area contributed by atoms with Crippen molar-refractivity contribution in [3.63, 3.8) is 0 Å². The van der Waals surface area contributed by atoms with E-state index in [1.165, 1.54) is 99.1 Å². The molecule has 12 aromatic carbocycles. The highest BCUT2D eigenvalue weighted by atomic mass is 15.1. The molecule has 0 N–H and O–H groups in total. The Bertz CT molecular complexity index is 3670. The summed E-state index contributed by atoms with van der Waals surface area (Å²) in [5.74, 6) is 0. The lowest BCUT2D eigenvalue weighted by Crippen LogP contribution is -2.09. The van der Waals surface area contributed by atoms with Crippen molar-refractivity contribution in [2.45, 2.75) is 0 Å². The van der Waals surface area contributed by atoms with Crippen LogP contribution in [0.1, 0.15) is 0 Å². The first kappa shape index (κ1) is 39.8. The molecule has 0 fully saturated rings. The molecule has 0 aromatic heterocycles. The zero-order valence-electron chi connectivity index (χ0n) is 36.9. The topological polar surface area (TPSA) is 3.24 Å². The van der Waals surface area contributed by atoms with E-state index in [4.69, 9.17) is 0 Å². The van der Waals surface area contributed by atoms with Crippen LogP contribution in [0.25, 0.3) is 99.1 Å². The highest BCUT2D eigenvalue weighted by Gasteiger charge is 2.15. The van der Waals surface area contributed by atoms with Gasteiger partial charge in [0.15, 0.2) is 0 Å². The first-order valence-electron chi connectivity index (χ1n) is 23.1. The van der Waals surface area contributed by atoms with Gasteiger partial charge in [-0.2, -0.15) is 0 Å². The maximum atomic E-state index is 2.35. The van der Waals surface area contributed by atoms with E-state index in [1.807, 2.05) is 0 Å². The average Bonchev–Trinajstić information content (AvgIpc) is 3.41. The van der Waals surface area contributed by atoms with Crippen LogP contribution in [-0.2, 0) is 0 Å². The van der Waals surface area contributed by atoms with E-state index in [9.17, 15) is 0 Å². The first-order chi connectivity index (χ1) is 33.2. The van der Waals surface area contributed by atoms with Crippen molar-refractivity contribution in [2.24, 2.45) is 0 Å². The molecule has 1 nitrogen and oxygen atoms in total. The molecule has 0 atom stereocenters. The molecule has 12 aromatic rings. The Morgan fingerprint density at radius 3 is 1.00 bits per heavy atom. The second-order valence-corrected chi connectivity index (χ2v) is 17.3. The Morgan fingerprint density at radius 2 is 0.507 bits per heavy atom. The van der Waals surface area contributed by atoms with Crippen molar-refractivity contribution < 1.29 is 0 Å². The lowest BCUT2D eigenvalue weighted by Gasteiger charge is -2.26. The van der Waals surface area contributed by atoms with Crippen molar-refractivity contribution in [3.05, 3.63) is 273 Å². The monoisotopic (exact) mass is 851 g/mol. The molecule has 0 spiro atoms. The van der Waals surface area contributed by atoms with Gasteiger partial charge in [-0.15, -0.1) is 0 Å². The van der Waals surface area contributed by atoms with Gasteiger partial charge in [-0.3, -0.25) is 0 Å².